The molecule has 0 bridgehead atoms. The van der Waals surface area contributed by atoms with E-state index in [1.54, 1.807) is 0 Å². The first-order valence-electron chi connectivity index (χ1n) is 5.11. The van der Waals surface area contributed by atoms with Crippen molar-refractivity contribution in [1.29, 1.82) is 0 Å². The first-order chi connectivity index (χ1) is 8.82. The summed E-state index contributed by atoms with van der Waals surface area (Å²) >= 11 is 0. The Morgan fingerprint density at radius 2 is 2.32 bits per heavy atom. The van der Waals surface area contributed by atoms with Crippen LogP contribution in [-0.4, -0.2) is 44.2 Å². The van der Waals surface area contributed by atoms with Crippen molar-refractivity contribution in [3.63, 3.8) is 0 Å². The number of oxazole rings is 1. The van der Waals surface area contributed by atoms with Gasteiger partial charge in [-0.2, -0.15) is 8.42 Å². The lowest BCUT2D eigenvalue weighted by atomic mass is 10.4. The third kappa shape index (κ3) is 2.57. The number of hydrogen-bond donors (Lipinski definition) is 0. The number of anilines is 1. The number of carbonyl (C=O) groups excluding carboxylic acids is 2. The number of esters is 1. The SMILES string of the molecule is COC(=O)c1cnc(N2CC(S(=O)(=O)F)CC2=O)o1. The second-order valence-electron chi connectivity index (χ2n) is 3.80. The largest absolute Gasteiger partial charge is 0.463 e. The van der Waals surface area contributed by atoms with Gasteiger partial charge in [-0.15, -0.1) is 3.89 Å². The van der Waals surface area contributed by atoms with Gasteiger partial charge < -0.3 is 9.15 Å². The lowest BCUT2D eigenvalue weighted by Gasteiger charge is -2.09. The van der Waals surface area contributed by atoms with Gasteiger partial charge >= 0.3 is 22.2 Å². The predicted octanol–water partition coefficient (Wildman–Crippen LogP) is -0.134. The lowest BCUT2D eigenvalue weighted by molar-refractivity contribution is -0.117. The molecule has 1 atom stereocenters. The average molecular weight is 292 g/mol. The summed E-state index contributed by atoms with van der Waals surface area (Å²) in [5, 5.41) is -1.45. The minimum absolute atomic E-state index is 0.239. The predicted molar refractivity (Wildman–Crippen MR) is 58.6 cm³/mol. The molecule has 8 nitrogen and oxygen atoms in total. The lowest BCUT2D eigenvalue weighted by Crippen LogP contribution is -2.27. The molecular formula is C9H9FN2O6S. The maximum Gasteiger partial charge on any atom is 0.375 e. The summed E-state index contributed by atoms with van der Waals surface area (Å²) in [6.07, 6.45) is 0.542. The van der Waals surface area contributed by atoms with Crippen LogP contribution in [0.5, 0.6) is 0 Å². The van der Waals surface area contributed by atoms with Crippen LogP contribution in [0.15, 0.2) is 10.6 Å². The van der Waals surface area contributed by atoms with E-state index in [2.05, 4.69) is 9.72 Å². The maximum atomic E-state index is 12.8. The average Bonchev–Trinajstić information content (AvgIpc) is 2.93. The Morgan fingerprint density at radius 1 is 1.63 bits per heavy atom. The molecule has 0 aromatic carbocycles. The minimum Gasteiger partial charge on any atom is -0.463 e. The van der Waals surface area contributed by atoms with Gasteiger partial charge in [0.25, 0.3) is 0 Å². The first-order valence-corrected chi connectivity index (χ1v) is 6.55. The van der Waals surface area contributed by atoms with Crippen molar-refractivity contribution >= 4 is 28.1 Å². The van der Waals surface area contributed by atoms with Gasteiger partial charge in [-0.25, -0.2) is 9.78 Å². The maximum absolute atomic E-state index is 12.8. The Balaban J connectivity index is 2.21. The molecule has 1 amide bonds. The molecule has 0 N–H and O–H groups in total. The fraction of sp³-hybridized carbons (Fsp3) is 0.444. The third-order valence-corrected chi connectivity index (χ3v) is 3.71. The van der Waals surface area contributed by atoms with E-state index in [0.717, 1.165) is 18.2 Å². The summed E-state index contributed by atoms with van der Waals surface area (Å²) in [7, 11) is -3.68. The monoisotopic (exact) mass is 292 g/mol. The molecular weight excluding hydrogens is 283 g/mol. The van der Waals surface area contributed by atoms with Gasteiger partial charge in [0.2, 0.25) is 11.7 Å². The molecule has 10 heteroatoms. The van der Waals surface area contributed by atoms with Gasteiger partial charge in [0.1, 0.15) is 5.25 Å². The van der Waals surface area contributed by atoms with Crippen LogP contribution in [0.3, 0.4) is 0 Å². The molecule has 0 saturated carbocycles. The molecule has 0 spiro atoms. The van der Waals surface area contributed by atoms with Crippen molar-refractivity contribution < 1.29 is 31.0 Å². The van der Waals surface area contributed by atoms with E-state index < -0.39 is 40.3 Å². The normalized spacial score (nSPS) is 19.8. The van der Waals surface area contributed by atoms with Gasteiger partial charge in [0.15, 0.2) is 0 Å². The van der Waals surface area contributed by atoms with Crippen LogP contribution in [0, 0.1) is 0 Å². The van der Waals surface area contributed by atoms with Gasteiger partial charge in [0.05, 0.1) is 19.9 Å². The Morgan fingerprint density at radius 3 is 2.84 bits per heavy atom. The zero-order valence-electron chi connectivity index (χ0n) is 9.70. The number of amides is 1. The van der Waals surface area contributed by atoms with E-state index >= 15 is 0 Å². The van der Waals surface area contributed by atoms with Crippen LogP contribution < -0.4 is 4.90 Å². The molecule has 19 heavy (non-hydrogen) atoms. The number of nitrogens with zero attached hydrogens (tertiary/aromatic N) is 2. The summed E-state index contributed by atoms with van der Waals surface area (Å²) in [5.74, 6) is -1.68. The van der Waals surface area contributed by atoms with Crippen LogP contribution in [0.2, 0.25) is 0 Å². The number of hydrogen-bond acceptors (Lipinski definition) is 7. The molecule has 2 rings (SSSR count). The van der Waals surface area contributed by atoms with E-state index in [-0.39, 0.29) is 11.8 Å². The van der Waals surface area contributed by atoms with Crippen LogP contribution in [0.1, 0.15) is 17.0 Å². The summed E-state index contributed by atoms with van der Waals surface area (Å²) in [6, 6.07) is -0.267. The van der Waals surface area contributed by atoms with Crippen LogP contribution in [0.25, 0.3) is 0 Å². The molecule has 1 aliphatic rings. The smallest absolute Gasteiger partial charge is 0.375 e. The highest BCUT2D eigenvalue weighted by Gasteiger charge is 2.41. The van der Waals surface area contributed by atoms with Crippen molar-refractivity contribution in [1.82, 2.24) is 4.98 Å². The summed E-state index contributed by atoms with van der Waals surface area (Å²) in [5.41, 5.74) is 0. The number of halogens is 1. The van der Waals surface area contributed by atoms with Crippen molar-refractivity contribution in [3.8, 4) is 0 Å². The standard InChI is InChI=1S/C9H9FN2O6S/c1-17-8(14)6-3-11-9(18-6)12-4-5(2-7(12)13)19(10,15)16/h3,5H,2,4H2,1H3. The van der Waals surface area contributed by atoms with E-state index in [0.29, 0.717) is 0 Å². The number of carbonyl (C=O) groups is 2. The second kappa shape index (κ2) is 4.61. The molecule has 1 unspecified atom stereocenters. The Labute approximate surface area is 107 Å². The molecule has 104 valence electrons. The first kappa shape index (κ1) is 13.5. The molecule has 1 fully saturated rings. The number of rotatable bonds is 3. The van der Waals surface area contributed by atoms with Crippen LogP contribution in [-0.2, 0) is 19.8 Å². The Hall–Kier alpha value is -1.97. The molecule has 0 aliphatic carbocycles. The number of aromatic nitrogens is 1. The van der Waals surface area contributed by atoms with Gasteiger partial charge in [-0.05, 0) is 0 Å². The van der Waals surface area contributed by atoms with E-state index in [1.165, 1.54) is 0 Å². The van der Waals surface area contributed by atoms with Gasteiger partial charge in [-0.1, -0.05) is 0 Å². The fourth-order valence-corrected chi connectivity index (χ4v) is 2.30. The fourth-order valence-electron chi connectivity index (χ4n) is 1.63. The Bertz CT molecular complexity index is 624. The quantitative estimate of drug-likeness (QED) is 0.564. The van der Waals surface area contributed by atoms with Crippen molar-refractivity contribution in [2.75, 3.05) is 18.6 Å². The van der Waals surface area contributed by atoms with Crippen LogP contribution >= 0.6 is 0 Å². The summed E-state index contributed by atoms with van der Waals surface area (Å²) < 4.78 is 43.6. The third-order valence-electron chi connectivity index (χ3n) is 2.60. The van der Waals surface area contributed by atoms with E-state index in [9.17, 15) is 21.9 Å². The van der Waals surface area contributed by atoms with Crippen molar-refractivity contribution in [2.24, 2.45) is 0 Å². The summed E-state index contributed by atoms with van der Waals surface area (Å²) in [4.78, 5) is 27.2. The zero-order valence-corrected chi connectivity index (χ0v) is 10.5. The molecule has 1 saturated heterocycles. The minimum atomic E-state index is -4.81. The zero-order chi connectivity index (χ0) is 14.2. The molecule has 0 radical (unpaired) electrons. The molecule has 2 heterocycles. The number of methoxy groups -OCH3 is 1. The highest BCUT2D eigenvalue weighted by atomic mass is 32.3. The molecule has 1 aromatic rings. The van der Waals surface area contributed by atoms with Crippen LogP contribution in [0.4, 0.5) is 9.90 Å². The van der Waals surface area contributed by atoms with E-state index in [4.69, 9.17) is 4.42 Å². The van der Waals surface area contributed by atoms with Crippen molar-refractivity contribution in [3.05, 3.63) is 12.0 Å². The van der Waals surface area contributed by atoms with Crippen molar-refractivity contribution in [2.45, 2.75) is 11.7 Å². The second-order valence-corrected chi connectivity index (χ2v) is 5.42. The molecule has 1 aliphatic heterocycles. The Kier molecular flexibility index (Phi) is 3.27. The highest BCUT2D eigenvalue weighted by Crippen LogP contribution is 2.25. The number of ether oxygens (including phenoxy) is 1. The van der Waals surface area contributed by atoms with Gasteiger partial charge in [-0.3, -0.25) is 9.69 Å². The topological polar surface area (TPSA) is 107 Å². The van der Waals surface area contributed by atoms with E-state index in [1.807, 2.05) is 0 Å². The summed E-state index contributed by atoms with van der Waals surface area (Å²) in [6.45, 7) is -0.404. The van der Waals surface area contributed by atoms with Gasteiger partial charge in [0, 0.05) is 6.42 Å². The molecule has 1 aromatic heterocycles. The highest BCUT2D eigenvalue weighted by molar-refractivity contribution is 7.87.